The predicted octanol–water partition coefficient (Wildman–Crippen LogP) is 2.91. The molecule has 1 amide bonds. The monoisotopic (exact) mass is 381 g/mol. The van der Waals surface area contributed by atoms with E-state index in [9.17, 15) is 4.79 Å². The molecule has 0 aliphatic carbocycles. The molecule has 1 fully saturated rings. The van der Waals surface area contributed by atoms with Crippen LogP contribution in [-0.4, -0.2) is 51.8 Å². The van der Waals surface area contributed by atoms with Crippen LogP contribution < -0.4 is 4.90 Å². The first kappa shape index (κ1) is 17.7. The van der Waals surface area contributed by atoms with Crippen molar-refractivity contribution in [1.29, 1.82) is 0 Å². The molecule has 0 bridgehead atoms. The first-order valence-electron chi connectivity index (χ1n) is 9.28. The van der Waals surface area contributed by atoms with Crippen LogP contribution in [0.3, 0.4) is 0 Å². The minimum Gasteiger partial charge on any atom is -0.345 e. The molecule has 0 radical (unpaired) electrons. The van der Waals surface area contributed by atoms with E-state index >= 15 is 0 Å². The van der Waals surface area contributed by atoms with Crippen LogP contribution in [0.5, 0.6) is 0 Å². The minimum absolute atomic E-state index is 0.0879. The summed E-state index contributed by atoms with van der Waals surface area (Å²) < 4.78 is 1.95. The topological polar surface area (TPSA) is 54.3 Å². The lowest BCUT2D eigenvalue weighted by molar-refractivity contribution is 0.0745. The van der Waals surface area contributed by atoms with Crippen molar-refractivity contribution in [3.8, 4) is 0 Å². The summed E-state index contributed by atoms with van der Waals surface area (Å²) in [6.45, 7) is 5.83. The highest BCUT2D eigenvalue weighted by Gasteiger charge is 2.26. The van der Waals surface area contributed by atoms with Crippen molar-refractivity contribution in [3.05, 3.63) is 64.9 Å². The molecule has 1 saturated heterocycles. The van der Waals surface area contributed by atoms with Crippen molar-refractivity contribution < 1.29 is 4.79 Å². The molecule has 140 valence electrons. The zero-order valence-electron chi connectivity index (χ0n) is 15.4. The molecular formula is C20H23N5OS. The van der Waals surface area contributed by atoms with Crippen LogP contribution in [0.1, 0.15) is 28.5 Å². The first-order valence-corrected chi connectivity index (χ1v) is 10.2. The number of rotatable bonds is 5. The standard InChI is InChI=1S/C20H23N5OS/c1-2-18-17(14-22-25(18)15-16-6-4-3-5-7-16)19(26)23-9-11-24(12-10-23)20-21-8-13-27-20/h3-8,13-14H,2,9-12,15H2,1H3. The van der Waals surface area contributed by atoms with Gasteiger partial charge in [-0.15, -0.1) is 11.3 Å². The molecule has 1 aliphatic rings. The van der Waals surface area contributed by atoms with Crippen molar-refractivity contribution in [2.45, 2.75) is 19.9 Å². The number of nitrogens with zero attached hydrogens (tertiary/aromatic N) is 5. The Bertz CT molecular complexity index is 883. The van der Waals surface area contributed by atoms with Gasteiger partial charge in [-0.25, -0.2) is 4.98 Å². The van der Waals surface area contributed by atoms with Gasteiger partial charge in [-0.1, -0.05) is 37.3 Å². The second-order valence-corrected chi connectivity index (χ2v) is 7.47. The highest BCUT2D eigenvalue weighted by atomic mass is 32.1. The van der Waals surface area contributed by atoms with Gasteiger partial charge < -0.3 is 9.80 Å². The maximum atomic E-state index is 13.1. The van der Waals surface area contributed by atoms with Gasteiger partial charge in [0.2, 0.25) is 0 Å². The molecule has 1 aromatic carbocycles. The third-order valence-corrected chi connectivity index (χ3v) is 5.78. The molecule has 0 atom stereocenters. The van der Waals surface area contributed by atoms with E-state index in [2.05, 4.69) is 34.0 Å². The van der Waals surface area contributed by atoms with Gasteiger partial charge >= 0.3 is 0 Å². The Kier molecular flexibility index (Phi) is 5.20. The highest BCUT2D eigenvalue weighted by molar-refractivity contribution is 7.13. The maximum absolute atomic E-state index is 13.1. The van der Waals surface area contributed by atoms with Gasteiger partial charge in [-0.3, -0.25) is 9.48 Å². The van der Waals surface area contributed by atoms with Gasteiger partial charge in [-0.2, -0.15) is 5.10 Å². The number of amides is 1. The molecule has 3 aromatic rings. The summed E-state index contributed by atoms with van der Waals surface area (Å²) in [7, 11) is 0. The Morgan fingerprint density at radius 2 is 1.93 bits per heavy atom. The Morgan fingerprint density at radius 3 is 2.59 bits per heavy atom. The van der Waals surface area contributed by atoms with Gasteiger partial charge in [0.25, 0.3) is 5.91 Å². The summed E-state index contributed by atoms with van der Waals surface area (Å²) in [5, 5.41) is 7.53. The number of piperazine rings is 1. The molecule has 0 unspecified atom stereocenters. The number of anilines is 1. The van der Waals surface area contributed by atoms with E-state index in [4.69, 9.17) is 0 Å². The van der Waals surface area contributed by atoms with Crippen LogP contribution in [0.2, 0.25) is 0 Å². The van der Waals surface area contributed by atoms with E-state index in [0.717, 1.165) is 35.9 Å². The number of carbonyl (C=O) groups excluding carboxylic acids is 1. The fraction of sp³-hybridized carbons (Fsp3) is 0.350. The summed E-state index contributed by atoms with van der Waals surface area (Å²) in [6, 6.07) is 10.2. The Morgan fingerprint density at radius 1 is 1.15 bits per heavy atom. The number of hydrogen-bond acceptors (Lipinski definition) is 5. The van der Waals surface area contributed by atoms with E-state index in [1.807, 2.05) is 39.4 Å². The van der Waals surface area contributed by atoms with E-state index in [1.54, 1.807) is 17.5 Å². The van der Waals surface area contributed by atoms with E-state index < -0.39 is 0 Å². The van der Waals surface area contributed by atoms with Crippen LogP contribution >= 0.6 is 11.3 Å². The van der Waals surface area contributed by atoms with E-state index in [1.165, 1.54) is 5.56 Å². The van der Waals surface area contributed by atoms with Crippen molar-refractivity contribution in [2.24, 2.45) is 0 Å². The third-order valence-electron chi connectivity index (χ3n) is 4.95. The van der Waals surface area contributed by atoms with Crippen molar-refractivity contribution in [1.82, 2.24) is 19.7 Å². The molecule has 0 N–H and O–H groups in total. The number of thiazole rings is 1. The van der Waals surface area contributed by atoms with Crippen LogP contribution in [0.25, 0.3) is 0 Å². The summed E-state index contributed by atoms with van der Waals surface area (Å²) in [5.74, 6) is 0.0879. The number of hydrogen-bond donors (Lipinski definition) is 0. The number of benzene rings is 1. The predicted molar refractivity (Wildman–Crippen MR) is 107 cm³/mol. The lowest BCUT2D eigenvalue weighted by Crippen LogP contribution is -2.48. The fourth-order valence-electron chi connectivity index (χ4n) is 3.50. The Hall–Kier alpha value is -2.67. The molecule has 4 rings (SSSR count). The van der Waals surface area contributed by atoms with Crippen LogP contribution in [-0.2, 0) is 13.0 Å². The molecule has 0 spiro atoms. The van der Waals surface area contributed by atoms with Crippen LogP contribution in [0, 0.1) is 0 Å². The van der Waals surface area contributed by atoms with Gasteiger partial charge in [0, 0.05) is 37.8 Å². The third kappa shape index (κ3) is 3.73. The zero-order valence-corrected chi connectivity index (χ0v) is 16.2. The normalized spacial score (nSPS) is 14.6. The summed E-state index contributed by atoms with van der Waals surface area (Å²) >= 11 is 1.64. The van der Waals surface area contributed by atoms with Crippen molar-refractivity contribution in [2.75, 3.05) is 31.1 Å². The van der Waals surface area contributed by atoms with Crippen molar-refractivity contribution >= 4 is 22.4 Å². The summed E-state index contributed by atoms with van der Waals surface area (Å²) in [6.07, 6.45) is 4.34. The second-order valence-electron chi connectivity index (χ2n) is 6.60. The quantitative estimate of drug-likeness (QED) is 0.682. The average Bonchev–Trinajstić information content (AvgIpc) is 3.38. The van der Waals surface area contributed by atoms with Gasteiger partial charge in [-0.05, 0) is 12.0 Å². The smallest absolute Gasteiger partial charge is 0.257 e. The second kappa shape index (κ2) is 7.92. The van der Waals surface area contributed by atoms with Crippen LogP contribution in [0.15, 0.2) is 48.1 Å². The molecule has 1 aliphatic heterocycles. The maximum Gasteiger partial charge on any atom is 0.257 e. The molecule has 27 heavy (non-hydrogen) atoms. The summed E-state index contributed by atoms with van der Waals surface area (Å²) in [4.78, 5) is 21.6. The zero-order chi connectivity index (χ0) is 18.6. The van der Waals surface area contributed by atoms with Gasteiger partial charge in [0.1, 0.15) is 0 Å². The SMILES string of the molecule is CCc1c(C(=O)N2CCN(c3nccs3)CC2)cnn1Cc1ccccc1. The largest absolute Gasteiger partial charge is 0.345 e. The van der Waals surface area contributed by atoms with Gasteiger partial charge in [0.15, 0.2) is 5.13 Å². The highest BCUT2D eigenvalue weighted by Crippen LogP contribution is 2.21. The van der Waals surface area contributed by atoms with E-state index in [0.29, 0.717) is 19.6 Å². The van der Waals surface area contributed by atoms with E-state index in [-0.39, 0.29) is 5.91 Å². The molecule has 0 saturated carbocycles. The summed E-state index contributed by atoms with van der Waals surface area (Å²) in [5.41, 5.74) is 2.92. The molecule has 3 heterocycles. The van der Waals surface area contributed by atoms with Crippen LogP contribution in [0.4, 0.5) is 5.13 Å². The fourth-order valence-corrected chi connectivity index (χ4v) is 4.19. The average molecular weight is 382 g/mol. The minimum atomic E-state index is 0.0879. The molecule has 6 nitrogen and oxygen atoms in total. The van der Waals surface area contributed by atoms with Gasteiger partial charge in [0.05, 0.1) is 24.0 Å². The Balaban J connectivity index is 1.46. The Labute approximate surface area is 163 Å². The molecule has 7 heteroatoms. The van der Waals surface area contributed by atoms with Crippen molar-refractivity contribution in [3.63, 3.8) is 0 Å². The first-order chi connectivity index (χ1) is 13.3. The number of aromatic nitrogens is 3. The number of carbonyl (C=O) groups is 1. The molecule has 2 aromatic heterocycles. The molecular weight excluding hydrogens is 358 g/mol. The lowest BCUT2D eigenvalue weighted by atomic mass is 10.1. The lowest BCUT2D eigenvalue weighted by Gasteiger charge is -2.34.